The van der Waals surface area contributed by atoms with Gasteiger partial charge in [0.2, 0.25) is 15.9 Å². The Hall–Kier alpha value is -1.60. The number of nitrogens with two attached hydrogens (primary N) is 1. The molecule has 0 aliphatic heterocycles. The van der Waals surface area contributed by atoms with Gasteiger partial charge in [-0.25, -0.2) is 8.42 Å². The molecule has 1 aromatic rings. The van der Waals surface area contributed by atoms with Crippen molar-refractivity contribution in [3.05, 3.63) is 24.3 Å². The molecule has 0 fully saturated rings. The summed E-state index contributed by atoms with van der Waals surface area (Å²) >= 11 is 0. The maximum atomic E-state index is 12.3. The van der Waals surface area contributed by atoms with E-state index in [4.69, 9.17) is 5.73 Å². The van der Waals surface area contributed by atoms with Gasteiger partial charge in [-0.2, -0.15) is 4.31 Å². The highest BCUT2D eigenvalue weighted by atomic mass is 32.2. The Morgan fingerprint density at radius 1 is 1.25 bits per heavy atom. The molecule has 1 aromatic carbocycles. The lowest BCUT2D eigenvalue weighted by molar-refractivity contribution is -0.130. The van der Waals surface area contributed by atoms with Gasteiger partial charge in [-0.3, -0.25) is 4.79 Å². The molecule has 7 heteroatoms. The van der Waals surface area contributed by atoms with E-state index in [0.29, 0.717) is 18.8 Å². The predicted octanol–water partition coefficient (Wildman–Crippen LogP) is 0.758. The Bertz CT molecular complexity index is 568. The number of hydrogen-bond donors (Lipinski definition) is 1. The van der Waals surface area contributed by atoms with Gasteiger partial charge in [0.1, 0.15) is 0 Å². The number of likely N-dealkylation sites (N-methyl/N-ethyl adjacent to an activating group) is 2. The first kappa shape index (κ1) is 16.5. The van der Waals surface area contributed by atoms with E-state index in [1.54, 1.807) is 17.0 Å². The van der Waals surface area contributed by atoms with Gasteiger partial charge in [0.25, 0.3) is 0 Å². The quantitative estimate of drug-likeness (QED) is 0.786. The van der Waals surface area contributed by atoms with Crippen LogP contribution < -0.4 is 5.73 Å². The van der Waals surface area contributed by atoms with Crippen molar-refractivity contribution >= 4 is 21.6 Å². The van der Waals surface area contributed by atoms with Crippen LogP contribution in [0.3, 0.4) is 0 Å². The SMILES string of the molecule is CCN(CC)C(=O)CN(C)S(=O)(=O)c1cccc(N)c1. The second kappa shape index (κ2) is 6.71. The molecular weight excluding hydrogens is 278 g/mol. The molecule has 0 saturated carbocycles. The zero-order chi connectivity index (χ0) is 15.3. The van der Waals surface area contributed by atoms with E-state index in [1.165, 1.54) is 19.2 Å². The van der Waals surface area contributed by atoms with Crippen molar-refractivity contribution in [2.45, 2.75) is 18.7 Å². The van der Waals surface area contributed by atoms with Gasteiger partial charge in [-0.15, -0.1) is 0 Å². The highest BCUT2D eigenvalue weighted by molar-refractivity contribution is 7.89. The highest BCUT2D eigenvalue weighted by Crippen LogP contribution is 2.16. The van der Waals surface area contributed by atoms with Gasteiger partial charge in [-0.05, 0) is 32.0 Å². The van der Waals surface area contributed by atoms with Gasteiger partial charge >= 0.3 is 0 Å². The molecule has 0 bridgehead atoms. The van der Waals surface area contributed by atoms with E-state index in [2.05, 4.69) is 0 Å². The first-order valence-electron chi connectivity index (χ1n) is 6.42. The van der Waals surface area contributed by atoms with Crippen LogP contribution >= 0.6 is 0 Å². The van der Waals surface area contributed by atoms with E-state index >= 15 is 0 Å². The smallest absolute Gasteiger partial charge is 0.243 e. The van der Waals surface area contributed by atoms with Crippen molar-refractivity contribution in [1.82, 2.24) is 9.21 Å². The van der Waals surface area contributed by atoms with Crippen LogP contribution in [0.5, 0.6) is 0 Å². The Kier molecular flexibility index (Phi) is 5.52. The lowest BCUT2D eigenvalue weighted by Crippen LogP contribution is -2.40. The molecule has 20 heavy (non-hydrogen) atoms. The van der Waals surface area contributed by atoms with Gasteiger partial charge in [0.15, 0.2) is 0 Å². The summed E-state index contributed by atoms with van der Waals surface area (Å²) in [4.78, 5) is 13.6. The summed E-state index contributed by atoms with van der Waals surface area (Å²) in [6.45, 7) is 4.64. The Labute approximate surface area is 120 Å². The van der Waals surface area contributed by atoms with E-state index in [1.807, 2.05) is 13.8 Å². The lowest BCUT2D eigenvalue weighted by Gasteiger charge is -2.23. The average molecular weight is 299 g/mol. The van der Waals surface area contributed by atoms with Crippen molar-refractivity contribution in [3.8, 4) is 0 Å². The lowest BCUT2D eigenvalue weighted by atomic mass is 10.3. The van der Waals surface area contributed by atoms with Crippen molar-refractivity contribution in [3.63, 3.8) is 0 Å². The maximum absolute atomic E-state index is 12.3. The second-order valence-electron chi connectivity index (χ2n) is 4.40. The number of benzene rings is 1. The first-order chi connectivity index (χ1) is 9.32. The molecule has 0 saturated heterocycles. The minimum absolute atomic E-state index is 0.0901. The molecule has 1 rings (SSSR count). The highest BCUT2D eigenvalue weighted by Gasteiger charge is 2.24. The predicted molar refractivity (Wildman–Crippen MR) is 78.6 cm³/mol. The van der Waals surface area contributed by atoms with Crippen LogP contribution in [0.25, 0.3) is 0 Å². The molecule has 0 aromatic heterocycles. The van der Waals surface area contributed by atoms with Crippen LogP contribution in [0, 0.1) is 0 Å². The number of carbonyl (C=O) groups is 1. The minimum Gasteiger partial charge on any atom is -0.399 e. The molecule has 0 aliphatic rings. The topological polar surface area (TPSA) is 83.7 Å². The van der Waals surface area contributed by atoms with Crippen LogP contribution in [0.15, 0.2) is 29.2 Å². The molecule has 0 spiro atoms. The average Bonchev–Trinajstić information content (AvgIpc) is 2.40. The third-order valence-electron chi connectivity index (χ3n) is 3.04. The summed E-state index contributed by atoms with van der Waals surface area (Å²) in [5.41, 5.74) is 5.96. The van der Waals surface area contributed by atoms with Gasteiger partial charge in [0.05, 0.1) is 11.4 Å². The molecule has 0 atom stereocenters. The number of rotatable bonds is 6. The normalized spacial score (nSPS) is 11.6. The summed E-state index contributed by atoms with van der Waals surface area (Å²) < 4.78 is 25.7. The monoisotopic (exact) mass is 299 g/mol. The third kappa shape index (κ3) is 3.71. The molecule has 0 unspecified atom stereocenters. The Morgan fingerprint density at radius 2 is 1.85 bits per heavy atom. The van der Waals surface area contributed by atoms with Crippen molar-refractivity contribution in [2.75, 3.05) is 32.4 Å². The number of hydrogen-bond acceptors (Lipinski definition) is 4. The molecule has 0 radical (unpaired) electrons. The minimum atomic E-state index is -3.70. The van der Waals surface area contributed by atoms with Crippen LogP contribution in [0.2, 0.25) is 0 Å². The fourth-order valence-electron chi connectivity index (χ4n) is 1.81. The molecule has 1 amide bonds. The van der Waals surface area contributed by atoms with Crippen molar-refractivity contribution in [1.29, 1.82) is 0 Å². The van der Waals surface area contributed by atoms with Crippen molar-refractivity contribution < 1.29 is 13.2 Å². The number of sulfonamides is 1. The fourth-order valence-corrected chi connectivity index (χ4v) is 2.98. The number of anilines is 1. The van der Waals surface area contributed by atoms with Crippen LogP contribution in [-0.2, 0) is 14.8 Å². The third-order valence-corrected chi connectivity index (χ3v) is 4.84. The van der Waals surface area contributed by atoms with Crippen LogP contribution in [-0.4, -0.2) is 50.2 Å². The standard InChI is InChI=1S/C13H21N3O3S/c1-4-16(5-2)13(17)10-15(3)20(18,19)12-8-6-7-11(14)9-12/h6-9H,4-5,10,14H2,1-3H3. The summed E-state index contributed by atoms with van der Waals surface area (Å²) in [6, 6.07) is 6.03. The van der Waals surface area contributed by atoms with Crippen LogP contribution in [0.4, 0.5) is 5.69 Å². The van der Waals surface area contributed by atoms with E-state index in [-0.39, 0.29) is 17.3 Å². The Morgan fingerprint density at radius 3 is 2.35 bits per heavy atom. The summed E-state index contributed by atoms with van der Waals surface area (Å²) in [6.07, 6.45) is 0. The molecule has 0 aliphatic carbocycles. The molecule has 6 nitrogen and oxygen atoms in total. The largest absolute Gasteiger partial charge is 0.399 e. The number of nitrogens with zero attached hydrogens (tertiary/aromatic N) is 2. The van der Waals surface area contributed by atoms with Crippen LogP contribution in [0.1, 0.15) is 13.8 Å². The fraction of sp³-hybridized carbons (Fsp3) is 0.462. The van der Waals surface area contributed by atoms with E-state index in [9.17, 15) is 13.2 Å². The number of carbonyl (C=O) groups excluding carboxylic acids is 1. The molecule has 2 N–H and O–H groups in total. The number of amides is 1. The molecule has 112 valence electrons. The van der Waals surface area contributed by atoms with Gasteiger partial charge < -0.3 is 10.6 Å². The first-order valence-corrected chi connectivity index (χ1v) is 7.86. The number of nitrogen functional groups attached to an aromatic ring is 1. The summed E-state index contributed by atoms with van der Waals surface area (Å²) in [5.74, 6) is -0.218. The summed E-state index contributed by atoms with van der Waals surface area (Å²) in [7, 11) is -2.31. The van der Waals surface area contributed by atoms with Gasteiger partial charge in [0, 0.05) is 25.8 Å². The maximum Gasteiger partial charge on any atom is 0.243 e. The second-order valence-corrected chi connectivity index (χ2v) is 6.44. The zero-order valence-electron chi connectivity index (χ0n) is 12.0. The Balaban J connectivity index is 2.91. The van der Waals surface area contributed by atoms with Crippen molar-refractivity contribution in [2.24, 2.45) is 0 Å². The zero-order valence-corrected chi connectivity index (χ0v) is 12.9. The van der Waals surface area contributed by atoms with Gasteiger partial charge in [-0.1, -0.05) is 6.07 Å². The molecule has 0 heterocycles. The summed E-state index contributed by atoms with van der Waals surface area (Å²) in [5, 5.41) is 0. The van der Waals surface area contributed by atoms with E-state index in [0.717, 1.165) is 4.31 Å². The van der Waals surface area contributed by atoms with E-state index < -0.39 is 10.0 Å². The molecular formula is C13H21N3O3S.